The van der Waals surface area contributed by atoms with Crippen molar-refractivity contribution in [3.05, 3.63) is 16.2 Å². The lowest BCUT2D eigenvalue weighted by Crippen LogP contribution is -2.18. The summed E-state index contributed by atoms with van der Waals surface area (Å²) in [7, 11) is 0. The Hall–Kier alpha value is -1.52. The minimum absolute atomic E-state index is 0.0572. The van der Waals surface area contributed by atoms with Crippen LogP contribution < -0.4 is 10.3 Å². The van der Waals surface area contributed by atoms with Gasteiger partial charge in [0.1, 0.15) is 5.82 Å². The molecule has 0 atom stereocenters. The van der Waals surface area contributed by atoms with Gasteiger partial charge in [-0.1, -0.05) is 65.2 Å². The van der Waals surface area contributed by atoms with Crippen molar-refractivity contribution in [2.24, 2.45) is 11.8 Å². The third kappa shape index (κ3) is 6.37. The minimum atomic E-state index is -0.379. The van der Waals surface area contributed by atoms with E-state index in [2.05, 4.69) is 16.9 Å². The summed E-state index contributed by atoms with van der Waals surface area (Å²) in [6.07, 6.45) is 13.2. The van der Waals surface area contributed by atoms with Gasteiger partial charge in [-0.15, -0.1) is 0 Å². The molecule has 5 nitrogen and oxygen atoms in total. The van der Waals surface area contributed by atoms with Gasteiger partial charge >= 0.3 is 0 Å². The SMILES string of the molecule is CCCCCC1CCC(CCc2nc(O)c(OCCC)c(=O)[nH]2)CC1. The van der Waals surface area contributed by atoms with Crippen LogP contribution in [0, 0.1) is 11.8 Å². The van der Waals surface area contributed by atoms with Gasteiger partial charge in [0.25, 0.3) is 11.4 Å². The van der Waals surface area contributed by atoms with Gasteiger partial charge < -0.3 is 14.8 Å². The molecule has 0 saturated heterocycles. The number of aryl methyl sites for hydroxylation is 1. The number of unbranched alkanes of at least 4 members (excludes halogenated alkanes) is 2. The van der Waals surface area contributed by atoms with Gasteiger partial charge in [0.15, 0.2) is 0 Å². The minimum Gasteiger partial charge on any atom is -0.490 e. The maximum atomic E-state index is 12.0. The van der Waals surface area contributed by atoms with E-state index in [1.54, 1.807) is 0 Å². The van der Waals surface area contributed by atoms with Crippen LogP contribution in [0.5, 0.6) is 11.6 Å². The molecule has 0 aliphatic heterocycles. The number of aromatic amines is 1. The Morgan fingerprint density at radius 3 is 2.36 bits per heavy atom. The van der Waals surface area contributed by atoms with Crippen LogP contribution in [0.2, 0.25) is 0 Å². The normalized spacial score (nSPS) is 20.6. The van der Waals surface area contributed by atoms with Gasteiger partial charge in [-0.25, -0.2) is 0 Å². The Bertz CT molecular complexity index is 563. The molecule has 1 fully saturated rings. The van der Waals surface area contributed by atoms with Crippen molar-refractivity contribution >= 4 is 0 Å². The molecule has 0 spiro atoms. The molecule has 1 aliphatic rings. The Labute approximate surface area is 151 Å². The van der Waals surface area contributed by atoms with Crippen LogP contribution in [0.25, 0.3) is 0 Å². The monoisotopic (exact) mass is 350 g/mol. The maximum Gasteiger partial charge on any atom is 0.297 e. The molecule has 142 valence electrons. The zero-order chi connectivity index (χ0) is 18.1. The number of hydrogen-bond donors (Lipinski definition) is 2. The fraction of sp³-hybridized carbons (Fsp3) is 0.800. The highest BCUT2D eigenvalue weighted by Gasteiger charge is 2.21. The van der Waals surface area contributed by atoms with Gasteiger partial charge in [-0.3, -0.25) is 4.79 Å². The summed E-state index contributed by atoms with van der Waals surface area (Å²) < 4.78 is 5.26. The van der Waals surface area contributed by atoms with Crippen LogP contribution in [-0.2, 0) is 6.42 Å². The molecule has 1 saturated carbocycles. The highest BCUT2D eigenvalue weighted by Crippen LogP contribution is 2.34. The Balaban J connectivity index is 1.77. The zero-order valence-corrected chi connectivity index (χ0v) is 15.9. The molecule has 25 heavy (non-hydrogen) atoms. The molecule has 1 aromatic heterocycles. The van der Waals surface area contributed by atoms with E-state index < -0.39 is 0 Å². The first kappa shape index (κ1) is 19.8. The summed E-state index contributed by atoms with van der Waals surface area (Å²) >= 11 is 0. The molecule has 0 radical (unpaired) electrons. The molecule has 5 heteroatoms. The molecule has 1 aliphatic carbocycles. The number of aromatic hydroxyl groups is 1. The van der Waals surface area contributed by atoms with Crippen molar-refractivity contribution in [3.8, 4) is 11.6 Å². The van der Waals surface area contributed by atoms with Gasteiger partial charge in [-0.05, 0) is 24.7 Å². The lowest BCUT2D eigenvalue weighted by molar-refractivity contribution is 0.248. The smallest absolute Gasteiger partial charge is 0.297 e. The van der Waals surface area contributed by atoms with Gasteiger partial charge in [0, 0.05) is 6.42 Å². The number of H-pyrrole nitrogens is 1. The average molecular weight is 351 g/mol. The average Bonchev–Trinajstić information content (AvgIpc) is 2.61. The van der Waals surface area contributed by atoms with Crippen molar-refractivity contribution in [3.63, 3.8) is 0 Å². The summed E-state index contributed by atoms with van der Waals surface area (Å²) in [5.74, 6) is 1.85. The summed E-state index contributed by atoms with van der Waals surface area (Å²) in [4.78, 5) is 18.9. The first-order chi connectivity index (χ1) is 12.1. The molecule has 1 aromatic rings. The van der Waals surface area contributed by atoms with Crippen molar-refractivity contribution in [1.29, 1.82) is 0 Å². The molecule has 0 aromatic carbocycles. The van der Waals surface area contributed by atoms with E-state index in [0.29, 0.717) is 24.8 Å². The van der Waals surface area contributed by atoms with Crippen molar-refractivity contribution in [1.82, 2.24) is 9.97 Å². The van der Waals surface area contributed by atoms with E-state index in [1.807, 2.05) is 6.92 Å². The Morgan fingerprint density at radius 2 is 1.76 bits per heavy atom. The Morgan fingerprint density at radius 1 is 1.08 bits per heavy atom. The van der Waals surface area contributed by atoms with Crippen molar-refractivity contribution in [2.45, 2.75) is 84.5 Å². The second kappa shape index (κ2) is 10.5. The topological polar surface area (TPSA) is 75.2 Å². The lowest BCUT2D eigenvalue weighted by atomic mass is 9.78. The van der Waals surface area contributed by atoms with E-state index in [9.17, 15) is 9.90 Å². The molecule has 1 heterocycles. The molecule has 0 bridgehead atoms. The van der Waals surface area contributed by atoms with E-state index in [1.165, 1.54) is 51.4 Å². The van der Waals surface area contributed by atoms with Crippen LogP contribution in [-0.4, -0.2) is 21.7 Å². The standard InChI is InChI=1S/C20H34N2O3/c1-3-5-6-7-15-8-10-16(11-9-15)12-13-17-21-19(23)18(20(24)22-17)25-14-4-2/h15-16H,3-14H2,1-2H3,(H2,21,22,23,24). The summed E-state index contributed by atoms with van der Waals surface area (Å²) in [5.41, 5.74) is -0.379. The van der Waals surface area contributed by atoms with E-state index in [-0.39, 0.29) is 17.2 Å². The first-order valence-electron chi connectivity index (χ1n) is 10.1. The third-order valence-electron chi connectivity index (χ3n) is 5.33. The highest BCUT2D eigenvalue weighted by atomic mass is 16.5. The third-order valence-corrected chi connectivity index (χ3v) is 5.33. The lowest BCUT2D eigenvalue weighted by Gasteiger charge is -2.28. The van der Waals surface area contributed by atoms with Gasteiger partial charge in [0.2, 0.25) is 5.75 Å². The zero-order valence-electron chi connectivity index (χ0n) is 15.9. The maximum absolute atomic E-state index is 12.0. The number of hydrogen-bond acceptors (Lipinski definition) is 4. The quantitative estimate of drug-likeness (QED) is 0.606. The summed E-state index contributed by atoms with van der Waals surface area (Å²) in [6.45, 7) is 4.61. The second-order valence-electron chi connectivity index (χ2n) is 7.44. The van der Waals surface area contributed by atoms with Crippen molar-refractivity contribution in [2.75, 3.05) is 6.61 Å². The van der Waals surface area contributed by atoms with Gasteiger partial charge in [-0.2, -0.15) is 4.98 Å². The van der Waals surface area contributed by atoms with E-state index in [4.69, 9.17) is 4.74 Å². The van der Waals surface area contributed by atoms with Crippen LogP contribution in [0.3, 0.4) is 0 Å². The number of rotatable bonds is 10. The molecule has 0 amide bonds. The molecular formula is C20H34N2O3. The largest absolute Gasteiger partial charge is 0.490 e. The molecule has 2 rings (SSSR count). The number of aromatic nitrogens is 2. The Kier molecular flexibility index (Phi) is 8.29. The van der Waals surface area contributed by atoms with Crippen molar-refractivity contribution < 1.29 is 9.84 Å². The fourth-order valence-electron chi connectivity index (χ4n) is 3.78. The summed E-state index contributed by atoms with van der Waals surface area (Å²) in [6, 6.07) is 0. The summed E-state index contributed by atoms with van der Waals surface area (Å²) in [5, 5.41) is 9.92. The first-order valence-corrected chi connectivity index (χ1v) is 10.1. The predicted molar refractivity (Wildman–Crippen MR) is 100 cm³/mol. The van der Waals surface area contributed by atoms with Crippen LogP contribution in [0.4, 0.5) is 0 Å². The molecule has 0 unspecified atom stereocenters. The van der Waals surface area contributed by atoms with Crippen LogP contribution in [0.15, 0.2) is 4.79 Å². The highest BCUT2D eigenvalue weighted by molar-refractivity contribution is 5.29. The fourth-order valence-corrected chi connectivity index (χ4v) is 3.78. The van der Waals surface area contributed by atoms with Crippen LogP contribution in [0.1, 0.15) is 83.9 Å². The van der Waals surface area contributed by atoms with E-state index >= 15 is 0 Å². The number of nitrogens with one attached hydrogen (secondary N) is 1. The number of nitrogens with zero attached hydrogens (tertiary/aromatic N) is 1. The van der Waals surface area contributed by atoms with Gasteiger partial charge in [0.05, 0.1) is 6.61 Å². The van der Waals surface area contributed by atoms with Crippen LogP contribution >= 0.6 is 0 Å². The second-order valence-corrected chi connectivity index (χ2v) is 7.44. The number of ether oxygens (including phenoxy) is 1. The predicted octanol–water partition coefficient (Wildman–Crippen LogP) is 4.58. The molecule has 2 N–H and O–H groups in total. The molecular weight excluding hydrogens is 316 g/mol. The van der Waals surface area contributed by atoms with E-state index in [0.717, 1.165) is 18.8 Å².